The Morgan fingerprint density at radius 3 is 2.85 bits per heavy atom. The monoisotopic (exact) mass is 349 g/mol. The number of aromatic nitrogens is 3. The van der Waals surface area contributed by atoms with E-state index in [1.54, 1.807) is 10.9 Å². The number of halogens is 2. The number of pyridine rings is 1. The molecule has 3 nitrogen and oxygen atoms in total. The predicted octanol–water partition coefficient (Wildman–Crippen LogP) is 2.63. The Hall–Kier alpha value is -0.430. The predicted molar refractivity (Wildman–Crippen MR) is 61.8 cm³/mol. The summed E-state index contributed by atoms with van der Waals surface area (Å²) in [5, 5.41) is 4.21. The van der Waals surface area contributed by atoms with E-state index in [1.807, 2.05) is 24.4 Å². The van der Waals surface area contributed by atoms with Gasteiger partial charge in [-0.15, -0.1) is 0 Å². The Balaban J connectivity index is 2.52. The molecule has 0 aromatic carbocycles. The van der Waals surface area contributed by atoms with Gasteiger partial charge in [-0.05, 0) is 56.7 Å². The van der Waals surface area contributed by atoms with Crippen molar-refractivity contribution >= 4 is 38.5 Å². The van der Waals surface area contributed by atoms with Crippen LogP contribution in [0.15, 0.2) is 35.2 Å². The third kappa shape index (κ3) is 1.91. The van der Waals surface area contributed by atoms with E-state index in [4.69, 9.17) is 0 Å². The lowest BCUT2D eigenvalue weighted by Crippen LogP contribution is -1.99. The molecular weight excluding hydrogens is 345 g/mol. The summed E-state index contributed by atoms with van der Waals surface area (Å²) in [5.41, 5.74) is 0. The van der Waals surface area contributed by atoms with Crippen molar-refractivity contribution in [2.24, 2.45) is 0 Å². The molecule has 0 atom stereocenters. The van der Waals surface area contributed by atoms with Crippen LogP contribution >= 0.6 is 38.5 Å². The van der Waals surface area contributed by atoms with Crippen LogP contribution in [0.4, 0.5) is 0 Å². The Kier molecular flexibility index (Phi) is 2.63. The molecule has 66 valence electrons. The smallest absolute Gasteiger partial charge is 0.166 e. The van der Waals surface area contributed by atoms with Crippen molar-refractivity contribution in [2.75, 3.05) is 0 Å². The second kappa shape index (κ2) is 3.75. The molecule has 0 spiro atoms. The van der Waals surface area contributed by atoms with Gasteiger partial charge in [-0.1, -0.05) is 0 Å². The molecule has 0 N–H and O–H groups in total. The van der Waals surface area contributed by atoms with E-state index < -0.39 is 0 Å². The maximum absolute atomic E-state index is 4.23. The van der Waals surface area contributed by atoms with Gasteiger partial charge in [0.1, 0.15) is 4.60 Å². The summed E-state index contributed by atoms with van der Waals surface area (Å²) in [6.45, 7) is 0. The molecule has 2 heterocycles. The molecule has 0 aliphatic carbocycles. The van der Waals surface area contributed by atoms with Gasteiger partial charge in [0, 0.05) is 12.4 Å². The van der Waals surface area contributed by atoms with Crippen molar-refractivity contribution in [3.8, 4) is 5.82 Å². The lowest BCUT2D eigenvalue weighted by molar-refractivity contribution is 0.833. The molecule has 0 unspecified atom stereocenters. The zero-order valence-electron chi connectivity index (χ0n) is 6.48. The van der Waals surface area contributed by atoms with Gasteiger partial charge >= 0.3 is 0 Å². The highest BCUT2D eigenvalue weighted by atomic mass is 127. The van der Waals surface area contributed by atoms with Crippen LogP contribution in [0.2, 0.25) is 0 Å². The maximum Gasteiger partial charge on any atom is 0.166 e. The molecular formula is C8H5BrIN3. The van der Waals surface area contributed by atoms with Crippen LogP contribution < -0.4 is 0 Å². The second-order valence-electron chi connectivity index (χ2n) is 2.39. The molecule has 0 amide bonds. The minimum atomic E-state index is 0.814. The fraction of sp³-hybridized carbons (Fsp3) is 0. The highest BCUT2D eigenvalue weighted by Crippen LogP contribution is 2.14. The Morgan fingerprint density at radius 1 is 1.38 bits per heavy atom. The Morgan fingerprint density at radius 2 is 2.23 bits per heavy atom. The van der Waals surface area contributed by atoms with Gasteiger partial charge in [-0.2, -0.15) is 5.10 Å². The zero-order chi connectivity index (χ0) is 9.26. The highest BCUT2D eigenvalue weighted by Gasteiger charge is 2.03. The molecule has 0 saturated heterocycles. The average Bonchev–Trinajstić information content (AvgIpc) is 2.53. The van der Waals surface area contributed by atoms with Crippen molar-refractivity contribution in [3.05, 3.63) is 38.8 Å². The largest absolute Gasteiger partial charge is 0.236 e. The molecule has 0 aliphatic rings. The van der Waals surface area contributed by atoms with Gasteiger partial charge in [-0.25, -0.2) is 9.67 Å². The number of nitrogens with zero attached hydrogens (tertiary/aromatic N) is 3. The van der Waals surface area contributed by atoms with E-state index in [0.29, 0.717) is 0 Å². The van der Waals surface area contributed by atoms with Crippen LogP contribution in [-0.2, 0) is 0 Å². The molecule has 2 rings (SSSR count). The molecule has 5 heteroatoms. The molecule has 0 fully saturated rings. The first kappa shape index (κ1) is 9.14. The Labute approximate surface area is 97.4 Å². The summed E-state index contributed by atoms with van der Waals surface area (Å²) in [7, 11) is 0. The molecule has 0 radical (unpaired) electrons. The van der Waals surface area contributed by atoms with E-state index in [2.05, 4.69) is 48.6 Å². The number of hydrogen-bond acceptors (Lipinski definition) is 2. The topological polar surface area (TPSA) is 30.7 Å². The van der Waals surface area contributed by atoms with Crippen molar-refractivity contribution < 1.29 is 0 Å². The van der Waals surface area contributed by atoms with Crippen LogP contribution in [0.5, 0.6) is 0 Å². The van der Waals surface area contributed by atoms with Gasteiger partial charge in [0.25, 0.3) is 0 Å². The van der Waals surface area contributed by atoms with Gasteiger partial charge in [-0.3, -0.25) is 0 Å². The molecule has 2 aromatic heterocycles. The van der Waals surface area contributed by atoms with Gasteiger partial charge in [0.15, 0.2) is 5.82 Å². The lowest BCUT2D eigenvalue weighted by Gasteiger charge is -2.01. The normalized spacial score (nSPS) is 10.3. The highest BCUT2D eigenvalue weighted by molar-refractivity contribution is 14.1. The van der Waals surface area contributed by atoms with Crippen LogP contribution in [0, 0.1) is 3.57 Å². The second-order valence-corrected chi connectivity index (χ2v) is 4.37. The minimum absolute atomic E-state index is 0.814. The fourth-order valence-corrected chi connectivity index (χ4v) is 1.85. The van der Waals surface area contributed by atoms with Gasteiger partial charge in [0.2, 0.25) is 0 Å². The van der Waals surface area contributed by atoms with E-state index in [1.165, 1.54) is 0 Å². The summed E-state index contributed by atoms with van der Waals surface area (Å²) in [6, 6.07) is 5.78. The first-order valence-corrected chi connectivity index (χ1v) is 5.46. The van der Waals surface area contributed by atoms with Crippen LogP contribution in [0.25, 0.3) is 5.82 Å². The third-order valence-electron chi connectivity index (χ3n) is 1.51. The van der Waals surface area contributed by atoms with E-state index in [0.717, 1.165) is 14.0 Å². The van der Waals surface area contributed by atoms with Crippen LogP contribution in [-0.4, -0.2) is 14.8 Å². The standard InChI is InChI=1S/C8H5BrIN3/c9-7-3-5-13(12-7)8-6(10)2-1-4-11-8/h1-5H. The minimum Gasteiger partial charge on any atom is -0.236 e. The van der Waals surface area contributed by atoms with Crippen LogP contribution in [0.1, 0.15) is 0 Å². The summed E-state index contributed by atoms with van der Waals surface area (Å²) in [5.74, 6) is 0.855. The molecule has 0 bridgehead atoms. The summed E-state index contributed by atoms with van der Waals surface area (Å²) < 4.78 is 3.64. The molecule has 0 saturated carbocycles. The van der Waals surface area contributed by atoms with Gasteiger partial charge in [0.05, 0.1) is 3.57 Å². The van der Waals surface area contributed by atoms with Gasteiger partial charge < -0.3 is 0 Å². The lowest BCUT2D eigenvalue weighted by atomic mass is 10.5. The average molecular weight is 350 g/mol. The third-order valence-corrected chi connectivity index (χ3v) is 2.78. The molecule has 0 aliphatic heterocycles. The molecule has 13 heavy (non-hydrogen) atoms. The number of hydrogen-bond donors (Lipinski definition) is 0. The fourth-order valence-electron chi connectivity index (χ4n) is 0.966. The van der Waals surface area contributed by atoms with E-state index in [-0.39, 0.29) is 0 Å². The SMILES string of the molecule is Brc1ccn(-c2ncccc2I)n1. The van der Waals surface area contributed by atoms with Crippen molar-refractivity contribution in [2.45, 2.75) is 0 Å². The summed E-state index contributed by atoms with van der Waals surface area (Å²) in [6.07, 6.45) is 3.63. The first-order chi connectivity index (χ1) is 6.27. The zero-order valence-corrected chi connectivity index (χ0v) is 10.2. The number of rotatable bonds is 1. The van der Waals surface area contributed by atoms with Crippen molar-refractivity contribution in [3.63, 3.8) is 0 Å². The van der Waals surface area contributed by atoms with E-state index in [9.17, 15) is 0 Å². The maximum atomic E-state index is 4.23. The Bertz CT molecular complexity index is 427. The summed E-state index contributed by atoms with van der Waals surface area (Å²) in [4.78, 5) is 4.23. The van der Waals surface area contributed by atoms with Crippen molar-refractivity contribution in [1.82, 2.24) is 14.8 Å². The quantitative estimate of drug-likeness (QED) is 0.741. The first-order valence-electron chi connectivity index (χ1n) is 3.59. The van der Waals surface area contributed by atoms with Crippen LogP contribution in [0.3, 0.4) is 0 Å². The van der Waals surface area contributed by atoms with E-state index >= 15 is 0 Å². The molecule has 2 aromatic rings. The van der Waals surface area contributed by atoms with Crippen molar-refractivity contribution in [1.29, 1.82) is 0 Å². The summed E-state index contributed by atoms with van der Waals surface area (Å²) >= 11 is 5.53.